The van der Waals surface area contributed by atoms with E-state index in [2.05, 4.69) is 5.32 Å². The maximum absolute atomic E-state index is 6.21. The number of para-hydroxylation sites is 1. The molecular formula is C16H16ClNO2S. The first kappa shape index (κ1) is 14.4. The lowest BCUT2D eigenvalue weighted by Gasteiger charge is -2.18. The van der Waals surface area contributed by atoms with Gasteiger partial charge in [0.25, 0.3) is 0 Å². The summed E-state index contributed by atoms with van der Waals surface area (Å²) in [5, 5.41) is 4.21. The van der Waals surface area contributed by atoms with Crippen molar-refractivity contribution < 1.29 is 9.15 Å². The molecular weight excluding hydrogens is 306 g/mol. The molecule has 1 unspecified atom stereocenters. The van der Waals surface area contributed by atoms with Crippen LogP contribution in [0.25, 0.3) is 11.0 Å². The summed E-state index contributed by atoms with van der Waals surface area (Å²) in [5.74, 6) is 0.767. The van der Waals surface area contributed by atoms with E-state index in [0.29, 0.717) is 0 Å². The summed E-state index contributed by atoms with van der Waals surface area (Å²) < 4.78 is 12.5. The zero-order chi connectivity index (χ0) is 14.7. The Hall–Kier alpha value is -1.49. The first-order chi connectivity index (χ1) is 10.3. The van der Waals surface area contributed by atoms with Gasteiger partial charge in [0.1, 0.15) is 6.10 Å². The Kier molecular flexibility index (Phi) is 4.48. The van der Waals surface area contributed by atoms with Crippen molar-refractivity contribution in [2.45, 2.75) is 12.5 Å². The number of benzene rings is 1. The summed E-state index contributed by atoms with van der Waals surface area (Å²) in [7, 11) is 1.94. The monoisotopic (exact) mass is 321 g/mol. The fourth-order valence-electron chi connectivity index (χ4n) is 2.25. The summed E-state index contributed by atoms with van der Waals surface area (Å²) in [5.41, 5.74) is 0.787. The molecule has 0 aliphatic carbocycles. The van der Waals surface area contributed by atoms with Gasteiger partial charge in [0.05, 0.1) is 10.6 Å². The number of thiophene rings is 1. The molecule has 0 aliphatic rings. The predicted molar refractivity (Wildman–Crippen MR) is 87.5 cm³/mol. The topological polar surface area (TPSA) is 34.4 Å². The minimum Gasteiger partial charge on any atom is -0.481 e. The fraction of sp³-hybridized carbons (Fsp3) is 0.250. The van der Waals surface area contributed by atoms with Gasteiger partial charge in [-0.25, -0.2) is 0 Å². The second-order valence-corrected chi connectivity index (χ2v) is 6.48. The van der Waals surface area contributed by atoms with Gasteiger partial charge in [-0.2, -0.15) is 0 Å². The van der Waals surface area contributed by atoms with Crippen molar-refractivity contribution >= 4 is 33.9 Å². The van der Waals surface area contributed by atoms with E-state index >= 15 is 0 Å². The van der Waals surface area contributed by atoms with Gasteiger partial charge in [-0.15, -0.1) is 11.3 Å². The van der Waals surface area contributed by atoms with E-state index in [4.69, 9.17) is 20.8 Å². The summed E-state index contributed by atoms with van der Waals surface area (Å²) in [4.78, 5) is 1.12. The first-order valence-electron chi connectivity index (χ1n) is 6.80. The number of ether oxygens (including phenoxy) is 1. The van der Waals surface area contributed by atoms with Gasteiger partial charge in [0.15, 0.2) is 11.3 Å². The van der Waals surface area contributed by atoms with Crippen LogP contribution in [0.4, 0.5) is 0 Å². The molecule has 1 atom stereocenters. The third-order valence-electron chi connectivity index (χ3n) is 3.28. The molecule has 110 valence electrons. The molecule has 3 rings (SSSR count). The number of hydrogen-bond acceptors (Lipinski definition) is 4. The van der Waals surface area contributed by atoms with E-state index in [1.54, 1.807) is 17.6 Å². The Labute approximate surface area is 132 Å². The number of rotatable bonds is 6. The standard InChI is InChI=1S/C16H16ClNO2S/c1-18-9-7-12(14-5-6-15(17)21-14)20-13-4-2-3-11-8-10-19-16(11)13/h2-6,8,10,12,18H,7,9H2,1H3. The van der Waals surface area contributed by atoms with Crippen LogP contribution in [-0.4, -0.2) is 13.6 Å². The quantitative estimate of drug-likeness (QED) is 0.702. The molecule has 0 fully saturated rings. The van der Waals surface area contributed by atoms with Crippen LogP contribution in [0.1, 0.15) is 17.4 Å². The second kappa shape index (κ2) is 6.52. The highest BCUT2D eigenvalue weighted by Crippen LogP contribution is 2.35. The molecule has 21 heavy (non-hydrogen) atoms. The minimum absolute atomic E-state index is 0.0364. The minimum atomic E-state index is -0.0364. The van der Waals surface area contributed by atoms with E-state index < -0.39 is 0 Å². The lowest BCUT2D eigenvalue weighted by atomic mass is 10.2. The Balaban J connectivity index is 1.88. The maximum atomic E-state index is 6.21. The lowest BCUT2D eigenvalue weighted by Crippen LogP contribution is -2.15. The average Bonchev–Trinajstić information content (AvgIpc) is 3.12. The van der Waals surface area contributed by atoms with Crippen LogP contribution >= 0.6 is 22.9 Å². The predicted octanol–water partition coefficient (Wildman–Crippen LogP) is 4.88. The Bertz CT molecular complexity index is 722. The van der Waals surface area contributed by atoms with Crippen molar-refractivity contribution in [2.75, 3.05) is 13.6 Å². The highest BCUT2D eigenvalue weighted by Gasteiger charge is 2.17. The molecule has 0 spiro atoms. The molecule has 3 aromatic rings. The van der Waals surface area contributed by atoms with Crippen molar-refractivity contribution in [1.29, 1.82) is 0 Å². The van der Waals surface area contributed by atoms with Gasteiger partial charge >= 0.3 is 0 Å². The number of nitrogens with one attached hydrogen (secondary N) is 1. The zero-order valence-corrected chi connectivity index (χ0v) is 13.2. The SMILES string of the molecule is CNCCC(Oc1cccc2ccoc12)c1ccc(Cl)s1. The summed E-state index contributed by atoms with van der Waals surface area (Å²) in [6, 6.07) is 11.8. The Morgan fingerprint density at radius 1 is 1.29 bits per heavy atom. The van der Waals surface area contributed by atoms with Gasteiger partial charge in [0, 0.05) is 16.7 Å². The van der Waals surface area contributed by atoms with E-state index in [-0.39, 0.29) is 6.10 Å². The molecule has 5 heteroatoms. The van der Waals surface area contributed by atoms with Crippen LogP contribution in [0, 0.1) is 0 Å². The number of halogens is 1. The molecule has 0 bridgehead atoms. The zero-order valence-electron chi connectivity index (χ0n) is 11.6. The highest BCUT2D eigenvalue weighted by molar-refractivity contribution is 7.16. The van der Waals surface area contributed by atoms with E-state index in [1.807, 2.05) is 43.4 Å². The number of furan rings is 1. The van der Waals surface area contributed by atoms with Crippen molar-refractivity contribution in [2.24, 2.45) is 0 Å². The summed E-state index contributed by atoms with van der Waals surface area (Å²) in [6.07, 6.45) is 2.51. The molecule has 2 heterocycles. The maximum Gasteiger partial charge on any atom is 0.175 e. The average molecular weight is 322 g/mol. The Morgan fingerprint density at radius 3 is 2.95 bits per heavy atom. The second-order valence-electron chi connectivity index (χ2n) is 4.74. The fourth-order valence-corrected chi connectivity index (χ4v) is 3.37. The molecule has 1 aromatic carbocycles. The molecule has 1 N–H and O–H groups in total. The van der Waals surface area contributed by atoms with Crippen molar-refractivity contribution in [3.63, 3.8) is 0 Å². The van der Waals surface area contributed by atoms with Crippen LogP contribution in [0.15, 0.2) is 47.1 Å². The van der Waals surface area contributed by atoms with E-state index in [0.717, 1.165) is 38.9 Å². The van der Waals surface area contributed by atoms with Gasteiger partial charge in [-0.05, 0) is 37.9 Å². The largest absolute Gasteiger partial charge is 0.481 e. The van der Waals surface area contributed by atoms with Crippen LogP contribution in [-0.2, 0) is 0 Å². The number of fused-ring (bicyclic) bond motifs is 1. The number of hydrogen-bond donors (Lipinski definition) is 1. The first-order valence-corrected chi connectivity index (χ1v) is 8.00. The van der Waals surface area contributed by atoms with Crippen molar-refractivity contribution in [1.82, 2.24) is 5.32 Å². The van der Waals surface area contributed by atoms with Crippen molar-refractivity contribution in [3.8, 4) is 5.75 Å². The van der Waals surface area contributed by atoms with Crippen LogP contribution in [0.3, 0.4) is 0 Å². The van der Waals surface area contributed by atoms with Gasteiger partial charge in [-0.1, -0.05) is 23.7 Å². The molecule has 0 amide bonds. The molecule has 0 radical (unpaired) electrons. The third kappa shape index (κ3) is 3.23. The van der Waals surface area contributed by atoms with Crippen LogP contribution in [0.2, 0.25) is 4.34 Å². The molecule has 3 nitrogen and oxygen atoms in total. The van der Waals surface area contributed by atoms with Gasteiger partial charge in [-0.3, -0.25) is 0 Å². The smallest absolute Gasteiger partial charge is 0.175 e. The van der Waals surface area contributed by atoms with Gasteiger partial charge in [0.2, 0.25) is 0 Å². The Morgan fingerprint density at radius 2 is 2.19 bits per heavy atom. The van der Waals surface area contributed by atoms with Crippen LogP contribution < -0.4 is 10.1 Å². The normalized spacial score (nSPS) is 12.7. The molecule has 0 saturated heterocycles. The van der Waals surface area contributed by atoms with Gasteiger partial charge < -0.3 is 14.5 Å². The van der Waals surface area contributed by atoms with Crippen molar-refractivity contribution in [3.05, 3.63) is 51.9 Å². The van der Waals surface area contributed by atoms with E-state index in [1.165, 1.54) is 0 Å². The summed E-state index contributed by atoms with van der Waals surface area (Å²) >= 11 is 7.60. The molecule has 0 aliphatic heterocycles. The third-order valence-corrected chi connectivity index (χ3v) is 4.60. The lowest BCUT2D eigenvalue weighted by molar-refractivity contribution is 0.199. The summed E-state index contributed by atoms with van der Waals surface area (Å²) in [6.45, 7) is 0.869. The molecule has 2 aromatic heterocycles. The highest BCUT2D eigenvalue weighted by atomic mass is 35.5. The molecule has 0 saturated carbocycles. The van der Waals surface area contributed by atoms with Crippen LogP contribution in [0.5, 0.6) is 5.75 Å². The van der Waals surface area contributed by atoms with E-state index in [9.17, 15) is 0 Å².